The largest absolute Gasteiger partial charge is 0.497 e. The average molecular weight is 402 g/mol. The summed E-state index contributed by atoms with van der Waals surface area (Å²) in [7, 11) is 1.63. The van der Waals surface area contributed by atoms with Gasteiger partial charge in [-0.25, -0.2) is 4.98 Å². The molecule has 0 bridgehead atoms. The molecule has 0 aliphatic carbocycles. The van der Waals surface area contributed by atoms with Crippen molar-refractivity contribution < 1.29 is 18.6 Å². The van der Waals surface area contributed by atoms with Crippen molar-refractivity contribution in [2.75, 3.05) is 19.2 Å². The molecule has 0 saturated carbocycles. The first-order valence-electron chi connectivity index (χ1n) is 9.36. The summed E-state index contributed by atoms with van der Waals surface area (Å²) in [5, 5.41) is 11.7. The third-order valence-corrected chi connectivity index (χ3v) is 4.70. The van der Waals surface area contributed by atoms with Crippen molar-refractivity contribution in [2.24, 2.45) is 0 Å². The lowest BCUT2D eigenvalue weighted by Crippen LogP contribution is -2.03. The summed E-state index contributed by atoms with van der Waals surface area (Å²) in [6.45, 7) is 0.810. The third kappa shape index (κ3) is 3.50. The predicted octanol–water partition coefficient (Wildman–Crippen LogP) is 4.15. The zero-order chi connectivity index (χ0) is 20.3. The summed E-state index contributed by atoms with van der Waals surface area (Å²) in [5.41, 5.74) is 2.58. The van der Waals surface area contributed by atoms with Crippen LogP contribution in [-0.2, 0) is 6.54 Å². The van der Waals surface area contributed by atoms with Crippen LogP contribution in [0.2, 0.25) is 0 Å². The van der Waals surface area contributed by atoms with Crippen molar-refractivity contribution in [1.29, 1.82) is 0 Å². The molecular weight excluding hydrogens is 384 g/mol. The Kier molecular flexibility index (Phi) is 4.65. The molecule has 0 unspecified atom stereocenters. The van der Waals surface area contributed by atoms with E-state index in [0.29, 0.717) is 24.1 Å². The fraction of sp³-hybridized carbons (Fsp3) is 0.136. The Morgan fingerprint density at radius 3 is 2.67 bits per heavy atom. The molecule has 5 rings (SSSR count). The van der Waals surface area contributed by atoms with Gasteiger partial charge in [0.2, 0.25) is 12.7 Å². The van der Waals surface area contributed by atoms with Crippen LogP contribution in [0.1, 0.15) is 5.56 Å². The van der Waals surface area contributed by atoms with Crippen molar-refractivity contribution in [2.45, 2.75) is 6.54 Å². The van der Waals surface area contributed by atoms with Crippen LogP contribution >= 0.6 is 0 Å². The molecule has 0 radical (unpaired) electrons. The van der Waals surface area contributed by atoms with Gasteiger partial charge in [0.15, 0.2) is 11.5 Å². The van der Waals surface area contributed by atoms with Gasteiger partial charge < -0.3 is 23.9 Å². The molecule has 150 valence electrons. The average Bonchev–Trinajstić information content (AvgIpc) is 3.47. The van der Waals surface area contributed by atoms with Crippen LogP contribution in [0.25, 0.3) is 22.9 Å². The number of ether oxygens (including phenoxy) is 3. The molecule has 2 aromatic heterocycles. The number of benzene rings is 2. The molecule has 1 N–H and O–H groups in total. The number of aromatic nitrogens is 3. The van der Waals surface area contributed by atoms with E-state index in [-0.39, 0.29) is 6.79 Å². The highest BCUT2D eigenvalue weighted by Crippen LogP contribution is 2.33. The van der Waals surface area contributed by atoms with Crippen LogP contribution in [0.15, 0.2) is 65.2 Å². The Morgan fingerprint density at radius 1 is 0.967 bits per heavy atom. The first kappa shape index (κ1) is 18.0. The number of nitrogens with zero attached hydrogens (tertiary/aromatic N) is 3. The van der Waals surface area contributed by atoms with Gasteiger partial charge >= 0.3 is 0 Å². The van der Waals surface area contributed by atoms with E-state index < -0.39 is 0 Å². The Balaban J connectivity index is 1.36. The van der Waals surface area contributed by atoms with Gasteiger partial charge in [0, 0.05) is 18.3 Å². The normalized spacial score (nSPS) is 12.0. The molecule has 0 saturated heterocycles. The molecule has 8 nitrogen and oxygen atoms in total. The van der Waals surface area contributed by atoms with Gasteiger partial charge in [-0.3, -0.25) is 0 Å². The zero-order valence-electron chi connectivity index (χ0n) is 16.2. The maximum absolute atomic E-state index is 5.90. The van der Waals surface area contributed by atoms with E-state index >= 15 is 0 Å². The van der Waals surface area contributed by atoms with E-state index in [4.69, 9.17) is 18.6 Å². The molecule has 4 aromatic rings. The zero-order valence-corrected chi connectivity index (χ0v) is 16.2. The van der Waals surface area contributed by atoms with Gasteiger partial charge in [0.1, 0.15) is 11.6 Å². The summed E-state index contributed by atoms with van der Waals surface area (Å²) >= 11 is 0. The Morgan fingerprint density at radius 2 is 1.80 bits per heavy atom. The minimum atomic E-state index is 0.254. The molecule has 0 fully saturated rings. The smallest absolute Gasteiger partial charge is 0.251 e. The molecule has 1 aliphatic heterocycles. The highest BCUT2D eigenvalue weighted by atomic mass is 16.7. The lowest BCUT2D eigenvalue weighted by atomic mass is 10.2. The highest BCUT2D eigenvalue weighted by molar-refractivity contribution is 5.69. The summed E-state index contributed by atoms with van der Waals surface area (Å²) < 4.78 is 21.9. The lowest BCUT2D eigenvalue weighted by Gasteiger charge is -2.09. The fourth-order valence-electron chi connectivity index (χ4n) is 3.14. The topological polar surface area (TPSA) is 91.5 Å². The van der Waals surface area contributed by atoms with Crippen LogP contribution in [0.4, 0.5) is 5.82 Å². The van der Waals surface area contributed by atoms with Crippen LogP contribution in [0.5, 0.6) is 17.2 Å². The van der Waals surface area contributed by atoms with Crippen molar-refractivity contribution in [3.63, 3.8) is 0 Å². The van der Waals surface area contributed by atoms with Crippen LogP contribution in [0.3, 0.4) is 0 Å². The van der Waals surface area contributed by atoms with E-state index in [1.54, 1.807) is 13.3 Å². The maximum atomic E-state index is 5.90. The quantitative estimate of drug-likeness (QED) is 0.514. The number of hydrogen-bond acceptors (Lipinski definition) is 8. The molecule has 30 heavy (non-hydrogen) atoms. The Bertz CT molecular complexity index is 1170. The molecule has 2 aromatic carbocycles. The Labute approximate surface area is 172 Å². The number of nitrogens with one attached hydrogen (secondary N) is 1. The van der Waals surface area contributed by atoms with Gasteiger partial charge in [-0.2, -0.15) is 0 Å². The van der Waals surface area contributed by atoms with Crippen LogP contribution < -0.4 is 19.5 Å². The number of hydrogen-bond donors (Lipinski definition) is 1. The predicted molar refractivity (Wildman–Crippen MR) is 109 cm³/mol. The van der Waals surface area contributed by atoms with Crippen molar-refractivity contribution >= 4 is 5.82 Å². The number of methoxy groups -OCH3 is 1. The fourth-order valence-corrected chi connectivity index (χ4v) is 3.14. The second kappa shape index (κ2) is 7.75. The number of rotatable bonds is 6. The summed E-state index contributed by atoms with van der Waals surface area (Å²) in [4.78, 5) is 4.44. The molecule has 0 amide bonds. The van der Waals surface area contributed by atoms with Gasteiger partial charge in [0.05, 0.1) is 12.7 Å². The van der Waals surface area contributed by atoms with E-state index in [1.165, 1.54) is 0 Å². The molecule has 0 spiro atoms. The minimum Gasteiger partial charge on any atom is -0.497 e. The maximum Gasteiger partial charge on any atom is 0.251 e. The van der Waals surface area contributed by atoms with Crippen molar-refractivity contribution in [3.05, 3.63) is 66.4 Å². The van der Waals surface area contributed by atoms with Gasteiger partial charge in [-0.05, 0) is 54.1 Å². The first-order valence-corrected chi connectivity index (χ1v) is 9.36. The lowest BCUT2D eigenvalue weighted by molar-refractivity contribution is 0.174. The second-order valence-electron chi connectivity index (χ2n) is 6.58. The third-order valence-electron chi connectivity index (χ3n) is 4.70. The SMILES string of the molecule is COc1ccc(-c2nnc(-c3cccnc3NCc3ccc4c(c3)OCO4)o2)cc1. The first-order chi connectivity index (χ1) is 14.8. The standard InChI is InChI=1S/C22H18N4O4/c1-27-16-7-5-15(6-8-16)21-25-26-22(30-21)17-3-2-10-23-20(17)24-12-14-4-9-18-19(11-14)29-13-28-18/h2-11H,12-13H2,1H3,(H,23,24). The van der Waals surface area contributed by atoms with Crippen LogP contribution in [-0.4, -0.2) is 29.1 Å². The summed E-state index contributed by atoms with van der Waals surface area (Å²) in [6, 6.07) is 17.0. The molecule has 3 heterocycles. The van der Waals surface area contributed by atoms with Gasteiger partial charge in [0.25, 0.3) is 5.89 Å². The van der Waals surface area contributed by atoms with Crippen molar-refractivity contribution in [1.82, 2.24) is 15.2 Å². The Hall–Kier alpha value is -4.07. The van der Waals surface area contributed by atoms with Gasteiger partial charge in [-0.1, -0.05) is 6.07 Å². The van der Waals surface area contributed by atoms with E-state index in [2.05, 4.69) is 20.5 Å². The summed E-state index contributed by atoms with van der Waals surface area (Å²) in [5.74, 6) is 3.74. The number of anilines is 1. The number of pyridine rings is 1. The molecular formula is C22H18N4O4. The summed E-state index contributed by atoms with van der Waals surface area (Å²) in [6.07, 6.45) is 1.71. The molecule has 1 aliphatic rings. The second-order valence-corrected chi connectivity index (χ2v) is 6.58. The van der Waals surface area contributed by atoms with Crippen molar-refractivity contribution in [3.8, 4) is 40.2 Å². The van der Waals surface area contributed by atoms with E-state index in [1.807, 2.05) is 54.6 Å². The number of fused-ring (bicyclic) bond motifs is 1. The van der Waals surface area contributed by atoms with E-state index in [9.17, 15) is 0 Å². The highest BCUT2D eigenvalue weighted by Gasteiger charge is 2.16. The van der Waals surface area contributed by atoms with E-state index in [0.717, 1.165) is 33.9 Å². The molecule has 8 heteroatoms. The molecule has 0 atom stereocenters. The minimum absolute atomic E-state index is 0.254. The van der Waals surface area contributed by atoms with Gasteiger partial charge in [-0.15, -0.1) is 10.2 Å². The van der Waals surface area contributed by atoms with Crippen LogP contribution in [0, 0.1) is 0 Å². The monoisotopic (exact) mass is 402 g/mol.